The van der Waals surface area contributed by atoms with E-state index in [1.807, 2.05) is 0 Å². The van der Waals surface area contributed by atoms with Crippen LogP contribution in [0.1, 0.15) is 38.2 Å². The van der Waals surface area contributed by atoms with Gasteiger partial charge in [-0.1, -0.05) is 53.7 Å². The van der Waals surface area contributed by atoms with Gasteiger partial charge in [0.2, 0.25) is 11.8 Å². The third-order valence-corrected chi connectivity index (χ3v) is 10.2. The lowest BCUT2D eigenvalue weighted by molar-refractivity contribution is -0.139. The number of carbonyl (C=O) groups excluding carboxylic acids is 2. The smallest absolute Gasteiger partial charge is 0.264 e. The van der Waals surface area contributed by atoms with Crippen LogP contribution in [0.5, 0.6) is 11.5 Å². The molecule has 1 N–H and O–H groups in total. The molecule has 0 aromatic heterocycles. The van der Waals surface area contributed by atoms with Crippen molar-refractivity contribution in [3.63, 3.8) is 0 Å². The maximum atomic E-state index is 14.2. The molecule has 0 radical (unpaired) electrons. The average Bonchev–Trinajstić information content (AvgIpc) is 3.52. The summed E-state index contributed by atoms with van der Waals surface area (Å²) in [6.07, 6.45) is 3.77. The van der Waals surface area contributed by atoms with E-state index in [9.17, 15) is 18.0 Å². The van der Waals surface area contributed by atoms with E-state index in [1.165, 1.54) is 61.6 Å². The van der Waals surface area contributed by atoms with Crippen molar-refractivity contribution < 1.29 is 27.5 Å². The molecule has 3 aromatic rings. The van der Waals surface area contributed by atoms with Gasteiger partial charge in [-0.3, -0.25) is 13.9 Å². The molecule has 1 atom stereocenters. The van der Waals surface area contributed by atoms with E-state index < -0.39 is 28.5 Å². The summed E-state index contributed by atoms with van der Waals surface area (Å²) in [5, 5.41) is 4.15. The normalized spacial score (nSPS) is 14.1. The fraction of sp³-hybridized carbons (Fsp3) is 0.355. The fourth-order valence-electron chi connectivity index (χ4n) is 5.05. The molecule has 9 nitrogen and oxygen atoms in total. The maximum Gasteiger partial charge on any atom is 0.264 e. The Labute approximate surface area is 273 Å². The summed E-state index contributed by atoms with van der Waals surface area (Å²) in [6, 6.07) is 14.2. The Balaban J connectivity index is 1.73. The van der Waals surface area contributed by atoms with Gasteiger partial charge < -0.3 is 19.7 Å². The molecule has 13 heteroatoms. The largest absolute Gasteiger partial charge is 0.493 e. The van der Waals surface area contributed by atoms with Crippen LogP contribution in [0.25, 0.3) is 0 Å². The van der Waals surface area contributed by atoms with Crippen molar-refractivity contribution in [3.8, 4) is 11.5 Å². The van der Waals surface area contributed by atoms with E-state index in [0.29, 0.717) is 26.4 Å². The van der Waals surface area contributed by atoms with Crippen molar-refractivity contribution >= 4 is 62.3 Å². The second-order valence-corrected chi connectivity index (χ2v) is 13.6. The number of hydrogen-bond donors (Lipinski definition) is 1. The van der Waals surface area contributed by atoms with Crippen molar-refractivity contribution in [1.29, 1.82) is 0 Å². The van der Waals surface area contributed by atoms with E-state index in [4.69, 9.17) is 44.3 Å². The molecule has 1 aliphatic carbocycles. The van der Waals surface area contributed by atoms with Gasteiger partial charge in [-0.05, 0) is 73.9 Å². The molecule has 236 valence electrons. The van der Waals surface area contributed by atoms with Crippen LogP contribution < -0.4 is 19.1 Å². The molecule has 0 spiro atoms. The number of sulfonamides is 1. The topological polar surface area (TPSA) is 105 Å². The molecule has 0 saturated heterocycles. The number of nitrogens with zero attached hydrogens (tertiary/aromatic N) is 2. The van der Waals surface area contributed by atoms with Gasteiger partial charge in [0.05, 0.1) is 24.8 Å². The number of amides is 2. The highest BCUT2D eigenvalue weighted by Gasteiger charge is 2.34. The number of benzene rings is 3. The molecule has 44 heavy (non-hydrogen) atoms. The first-order valence-corrected chi connectivity index (χ1v) is 16.6. The Morgan fingerprint density at radius 3 is 2.16 bits per heavy atom. The minimum absolute atomic E-state index is 0.0250. The van der Waals surface area contributed by atoms with Crippen molar-refractivity contribution in [2.45, 2.75) is 56.1 Å². The highest BCUT2D eigenvalue weighted by atomic mass is 35.5. The summed E-state index contributed by atoms with van der Waals surface area (Å²) in [5.74, 6) is -0.416. The molecule has 0 aliphatic heterocycles. The third-order valence-electron chi connectivity index (χ3n) is 7.56. The first-order valence-electron chi connectivity index (χ1n) is 14.0. The Morgan fingerprint density at radius 1 is 0.909 bits per heavy atom. The van der Waals surface area contributed by atoms with Crippen LogP contribution in [-0.4, -0.2) is 58.0 Å². The molecule has 3 aromatic carbocycles. The van der Waals surface area contributed by atoms with Crippen molar-refractivity contribution in [2.75, 3.05) is 25.1 Å². The average molecular weight is 683 g/mol. The van der Waals surface area contributed by atoms with E-state index >= 15 is 0 Å². The second-order valence-electron chi connectivity index (χ2n) is 10.4. The minimum atomic E-state index is -4.34. The predicted molar refractivity (Wildman–Crippen MR) is 172 cm³/mol. The summed E-state index contributed by atoms with van der Waals surface area (Å²) in [7, 11) is -1.51. The van der Waals surface area contributed by atoms with Crippen LogP contribution in [0, 0.1) is 0 Å². The van der Waals surface area contributed by atoms with Gasteiger partial charge in [-0.15, -0.1) is 0 Å². The van der Waals surface area contributed by atoms with Crippen LogP contribution in [-0.2, 0) is 26.2 Å². The van der Waals surface area contributed by atoms with Crippen LogP contribution >= 0.6 is 34.8 Å². The van der Waals surface area contributed by atoms with Crippen LogP contribution in [0.4, 0.5) is 5.69 Å². The minimum Gasteiger partial charge on any atom is -0.493 e. The summed E-state index contributed by atoms with van der Waals surface area (Å²) in [6.45, 7) is 0.936. The lowest BCUT2D eigenvalue weighted by atomic mass is 10.1. The van der Waals surface area contributed by atoms with Crippen molar-refractivity contribution in [3.05, 3.63) is 81.3 Å². The standard InChI is InChI=1S/C31H34Cl3N3O6S/c1-20(31(39)35-24-6-4-5-7-24)36(18-21-8-9-23(33)16-27(21)34)30(38)19-37(25-12-10-22(32)11-13-25)44(40,41)26-14-15-28(42-2)29(17-26)43-3/h8-17,20,24H,4-7,18-19H2,1-3H3,(H,35,39). The number of hydrogen-bond acceptors (Lipinski definition) is 6. The lowest BCUT2D eigenvalue weighted by Gasteiger charge is -2.32. The quantitative estimate of drug-likeness (QED) is 0.239. The number of anilines is 1. The van der Waals surface area contributed by atoms with E-state index in [-0.39, 0.29) is 34.8 Å². The van der Waals surface area contributed by atoms with Crippen LogP contribution in [0.3, 0.4) is 0 Å². The Hall–Kier alpha value is -3.18. The molecule has 2 amide bonds. The number of rotatable bonds is 12. The van der Waals surface area contributed by atoms with E-state index in [0.717, 1.165) is 30.0 Å². The molecular weight excluding hydrogens is 649 g/mol. The molecule has 1 aliphatic rings. The van der Waals surface area contributed by atoms with Gasteiger partial charge in [0, 0.05) is 33.7 Å². The first kappa shape index (κ1) is 33.7. The van der Waals surface area contributed by atoms with Gasteiger partial charge in [-0.2, -0.15) is 0 Å². The fourth-order valence-corrected chi connectivity index (χ4v) is 7.07. The molecule has 0 heterocycles. The lowest BCUT2D eigenvalue weighted by Crippen LogP contribution is -2.52. The molecular formula is C31H34Cl3N3O6S. The molecule has 1 fully saturated rings. The molecule has 4 rings (SSSR count). The number of ether oxygens (including phenoxy) is 2. The zero-order valence-electron chi connectivity index (χ0n) is 24.6. The Morgan fingerprint density at radius 2 is 1.55 bits per heavy atom. The van der Waals surface area contributed by atoms with Crippen LogP contribution in [0.2, 0.25) is 15.1 Å². The Kier molecular flexibility index (Phi) is 11.3. The van der Waals surface area contributed by atoms with Crippen molar-refractivity contribution in [1.82, 2.24) is 10.2 Å². The van der Waals surface area contributed by atoms with Gasteiger partial charge in [0.1, 0.15) is 12.6 Å². The predicted octanol–water partition coefficient (Wildman–Crippen LogP) is 6.34. The monoisotopic (exact) mass is 681 g/mol. The highest BCUT2D eigenvalue weighted by molar-refractivity contribution is 7.92. The van der Waals surface area contributed by atoms with Gasteiger partial charge >= 0.3 is 0 Å². The second kappa shape index (κ2) is 14.7. The molecule has 1 unspecified atom stereocenters. The number of nitrogens with one attached hydrogen (secondary N) is 1. The highest BCUT2D eigenvalue weighted by Crippen LogP contribution is 2.33. The first-order chi connectivity index (χ1) is 20.9. The van der Waals surface area contributed by atoms with Gasteiger partial charge in [0.25, 0.3) is 10.0 Å². The van der Waals surface area contributed by atoms with Gasteiger partial charge in [-0.25, -0.2) is 8.42 Å². The summed E-state index contributed by atoms with van der Waals surface area (Å²) < 4.78 is 39.8. The maximum absolute atomic E-state index is 14.2. The SMILES string of the molecule is COc1ccc(S(=O)(=O)N(CC(=O)N(Cc2ccc(Cl)cc2Cl)C(C)C(=O)NC2CCCC2)c2ccc(Cl)cc2)cc1OC. The number of carbonyl (C=O) groups is 2. The van der Waals surface area contributed by atoms with E-state index in [1.54, 1.807) is 25.1 Å². The number of halogens is 3. The third kappa shape index (κ3) is 7.90. The Bertz CT molecular complexity index is 1600. The van der Waals surface area contributed by atoms with E-state index in [2.05, 4.69) is 5.32 Å². The van der Waals surface area contributed by atoms with Gasteiger partial charge in [0.15, 0.2) is 11.5 Å². The van der Waals surface area contributed by atoms with Crippen LogP contribution in [0.15, 0.2) is 65.6 Å². The zero-order chi connectivity index (χ0) is 32.0. The molecule has 0 bridgehead atoms. The number of methoxy groups -OCH3 is 2. The van der Waals surface area contributed by atoms with Crippen molar-refractivity contribution in [2.24, 2.45) is 0 Å². The zero-order valence-corrected chi connectivity index (χ0v) is 27.6. The molecule has 1 saturated carbocycles. The summed E-state index contributed by atoms with van der Waals surface area (Å²) in [5.41, 5.74) is 0.746. The summed E-state index contributed by atoms with van der Waals surface area (Å²) in [4.78, 5) is 28.7. The summed E-state index contributed by atoms with van der Waals surface area (Å²) >= 11 is 18.7.